The number of carbonyl (C=O) groups excluding carboxylic acids is 1. The van der Waals surface area contributed by atoms with Gasteiger partial charge in [0.1, 0.15) is 6.29 Å². The molecule has 1 N–H and O–H groups in total. The van der Waals surface area contributed by atoms with Gasteiger partial charge in [-0.05, 0) is 17.6 Å². The second kappa shape index (κ2) is 6.74. The van der Waals surface area contributed by atoms with E-state index in [2.05, 4.69) is 0 Å². The van der Waals surface area contributed by atoms with Gasteiger partial charge >= 0.3 is 0 Å². The largest absolute Gasteiger partial charge is 0.392 e. The lowest BCUT2D eigenvalue weighted by molar-refractivity contribution is -0.105. The van der Waals surface area contributed by atoms with Crippen molar-refractivity contribution in [2.45, 2.75) is 6.42 Å². The maximum atomic E-state index is 10.5. The van der Waals surface area contributed by atoms with Crippen molar-refractivity contribution in [2.24, 2.45) is 0 Å². The van der Waals surface area contributed by atoms with E-state index in [1.807, 2.05) is 42.5 Å². The molecule has 1 aromatic rings. The summed E-state index contributed by atoms with van der Waals surface area (Å²) >= 11 is 0. The zero-order valence-corrected chi connectivity index (χ0v) is 8.47. The third-order valence-electron chi connectivity index (χ3n) is 1.97. The van der Waals surface area contributed by atoms with Gasteiger partial charge in [0.05, 0.1) is 6.61 Å². The van der Waals surface area contributed by atoms with Gasteiger partial charge in [-0.25, -0.2) is 0 Å². The molecule has 0 atom stereocenters. The van der Waals surface area contributed by atoms with Crippen LogP contribution in [0.5, 0.6) is 0 Å². The van der Waals surface area contributed by atoms with E-state index >= 15 is 0 Å². The van der Waals surface area contributed by atoms with E-state index in [0.717, 1.165) is 11.8 Å². The minimum atomic E-state index is -0.0900. The standard InChI is InChI=1S/C13H14O2/c14-10-9-13(11-15)8-4-7-12-5-2-1-3-6-12/h1-7,9,11,14H,8,10H2. The highest BCUT2D eigenvalue weighted by Crippen LogP contribution is 2.04. The van der Waals surface area contributed by atoms with Gasteiger partial charge in [0.2, 0.25) is 0 Å². The highest BCUT2D eigenvalue weighted by Gasteiger charge is 1.90. The summed E-state index contributed by atoms with van der Waals surface area (Å²) in [6, 6.07) is 9.87. The molecule has 0 saturated heterocycles. The molecule has 2 nitrogen and oxygen atoms in total. The summed E-state index contributed by atoms with van der Waals surface area (Å²) in [5.74, 6) is 0. The molecule has 0 heterocycles. The van der Waals surface area contributed by atoms with Crippen molar-refractivity contribution in [3.05, 3.63) is 53.6 Å². The number of hydrogen-bond acceptors (Lipinski definition) is 2. The Morgan fingerprint density at radius 2 is 2.00 bits per heavy atom. The van der Waals surface area contributed by atoms with E-state index in [0.29, 0.717) is 12.0 Å². The van der Waals surface area contributed by atoms with Gasteiger partial charge in [-0.1, -0.05) is 48.6 Å². The lowest BCUT2D eigenvalue weighted by atomic mass is 10.1. The molecule has 0 aliphatic heterocycles. The van der Waals surface area contributed by atoms with Crippen LogP contribution in [0.3, 0.4) is 0 Å². The van der Waals surface area contributed by atoms with Gasteiger partial charge in [-0.15, -0.1) is 0 Å². The van der Waals surface area contributed by atoms with E-state index in [1.165, 1.54) is 6.08 Å². The van der Waals surface area contributed by atoms with Crippen molar-refractivity contribution in [1.29, 1.82) is 0 Å². The van der Waals surface area contributed by atoms with Crippen LogP contribution < -0.4 is 0 Å². The Kier molecular flexibility index (Phi) is 5.12. The first-order valence-electron chi connectivity index (χ1n) is 4.83. The second-order valence-corrected chi connectivity index (χ2v) is 3.10. The second-order valence-electron chi connectivity index (χ2n) is 3.10. The number of aldehydes is 1. The van der Waals surface area contributed by atoms with E-state index in [1.54, 1.807) is 0 Å². The number of aliphatic hydroxyl groups is 1. The fourth-order valence-electron chi connectivity index (χ4n) is 1.19. The number of carbonyl (C=O) groups is 1. The van der Waals surface area contributed by atoms with Crippen molar-refractivity contribution < 1.29 is 9.90 Å². The van der Waals surface area contributed by atoms with Gasteiger partial charge in [0.25, 0.3) is 0 Å². The molecule has 78 valence electrons. The van der Waals surface area contributed by atoms with Crippen molar-refractivity contribution in [3.8, 4) is 0 Å². The number of rotatable bonds is 5. The summed E-state index contributed by atoms with van der Waals surface area (Å²) in [5.41, 5.74) is 1.71. The molecule has 15 heavy (non-hydrogen) atoms. The van der Waals surface area contributed by atoms with Gasteiger partial charge in [0, 0.05) is 0 Å². The molecule has 0 radical (unpaired) electrons. The molecule has 0 amide bonds. The lowest BCUT2D eigenvalue weighted by Crippen LogP contribution is -1.85. The highest BCUT2D eigenvalue weighted by molar-refractivity contribution is 5.74. The first-order valence-corrected chi connectivity index (χ1v) is 4.83. The van der Waals surface area contributed by atoms with Gasteiger partial charge in [-0.3, -0.25) is 4.79 Å². The molecular formula is C13H14O2. The number of aliphatic hydroxyl groups excluding tert-OH is 1. The van der Waals surface area contributed by atoms with Crippen molar-refractivity contribution in [3.63, 3.8) is 0 Å². The Morgan fingerprint density at radius 3 is 2.60 bits per heavy atom. The average Bonchev–Trinajstić information content (AvgIpc) is 2.29. The number of allylic oxidation sites excluding steroid dienone is 2. The van der Waals surface area contributed by atoms with Crippen molar-refractivity contribution in [1.82, 2.24) is 0 Å². The lowest BCUT2D eigenvalue weighted by Gasteiger charge is -1.93. The fourth-order valence-corrected chi connectivity index (χ4v) is 1.19. The Bertz CT molecular complexity index is 350. The predicted molar refractivity (Wildman–Crippen MR) is 61.3 cm³/mol. The van der Waals surface area contributed by atoms with Crippen LogP contribution >= 0.6 is 0 Å². The summed E-state index contributed by atoms with van der Waals surface area (Å²) in [7, 11) is 0. The first-order chi connectivity index (χ1) is 7.36. The minimum Gasteiger partial charge on any atom is -0.392 e. The van der Waals surface area contributed by atoms with Crippen LogP contribution in [0.1, 0.15) is 12.0 Å². The van der Waals surface area contributed by atoms with Gasteiger partial charge in [0.15, 0.2) is 0 Å². The maximum Gasteiger partial charge on any atom is 0.146 e. The Hall–Kier alpha value is -1.67. The molecule has 0 saturated carbocycles. The first kappa shape index (κ1) is 11.4. The van der Waals surface area contributed by atoms with Crippen LogP contribution in [0.15, 0.2) is 48.1 Å². The van der Waals surface area contributed by atoms with E-state index in [4.69, 9.17) is 5.11 Å². The zero-order chi connectivity index (χ0) is 10.9. The van der Waals surface area contributed by atoms with Crippen LogP contribution in [0, 0.1) is 0 Å². The Balaban J connectivity index is 2.53. The van der Waals surface area contributed by atoms with E-state index in [-0.39, 0.29) is 6.61 Å². The van der Waals surface area contributed by atoms with Crippen LogP contribution in [-0.2, 0) is 4.79 Å². The third-order valence-corrected chi connectivity index (χ3v) is 1.97. The Labute approximate surface area is 89.6 Å². The van der Waals surface area contributed by atoms with E-state index in [9.17, 15) is 4.79 Å². The third kappa shape index (κ3) is 4.38. The van der Waals surface area contributed by atoms with Crippen LogP contribution in [0.4, 0.5) is 0 Å². The molecular weight excluding hydrogens is 188 g/mol. The minimum absolute atomic E-state index is 0.0900. The molecule has 0 unspecified atom stereocenters. The summed E-state index contributed by atoms with van der Waals surface area (Å²) in [6.45, 7) is -0.0900. The predicted octanol–water partition coefficient (Wildman–Crippen LogP) is 2.21. The topological polar surface area (TPSA) is 37.3 Å². The molecule has 0 aliphatic rings. The smallest absolute Gasteiger partial charge is 0.146 e. The molecule has 0 fully saturated rings. The molecule has 1 aromatic carbocycles. The molecule has 0 spiro atoms. The summed E-state index contributed by atoms with van der Waals surface area (Å²) in [5, 5.41) is 8.62. The number of benzene rings is 1. The fraction of sp³-hybridized carbons (Fsp3) is 0.154. The highest BCUT2D eigenvalue weighted by atomic mass is 16.2. The molecule has 0 aromatic heterocycles. The number of hydrogen-bond donors (Lipinski definition) is 1. The summed E-state index contributed by atoms with van der Waals surface area (Å²) < 4.78 is 0. The monoisotopic (exact) mass is 202 g/mol. The summed E-state index contributed by atoms with van der Waals surface area (Å²) in [6.07, 6.45) is 6.70. The molecule has 2 heteroatoms. The molecule has 1 rings (SSSR count). The Morgan fingerprint density at radius 1 is 1.27 bits per heavy atom. The van der Waals surface area contributed by atoms with Crippen LogP contribution in [0.2, 0.25) is 0 Å². The SMILES string of the molecule is O=CC(=CCO)CC=Cc1ccccc1. The normalized spacial score (nSPS) is 11.9. The van der Waals surface area contributed by atoms with Gasteiger partial charge in [-0.2, -0.15) is 0 Å². The van der Waals surface area contributed by atoms with E-state index < -0.39 is 0 Å². The van der Waals surface area contributed by atoms with Crippen molar-refractivity contribution >= 4 is 12.4 Å². The summed E-state index contributed by atoms with van der Waals surface area (Å²) in [4.78, 5) is 10.5. The molecule has 0 aliphatic carbocycles. The maximum absolute atomic E-state index is 10.5. The van der Waals surface area contributed by atoms with Crippen molar-refractivity contribution in [2.75, 3.05) is 6.61 Å². The zero-order valence-electron chi connectivity index (χ0n) is 8.47. The van der Waals surface area contributed by atoms with Crippen LogP contribution in [-0.4, -0.2) is 18.0 Å². The average molecular weight is 202 g/mol. The van der Waals surface area contributed by atoms with Gasteiger partial charge < -0.3 is 5.11 Å². The molecule has 0 bridgehead atoms. The van der Waals surface area contributed by atoms with Crippen LogP contribution in [0.25, 0.3) is 6.08 Å². The quantitative estimate of drug-likeness (QED) is 0.587.